The van der Waals surface area contributed by atoms with E-state index in [9.17, 15) is 14.4 Å². The lowest BCUT2D eigenvalue weighted by molar-refractivity contribution is -0.139. The highest BCUT2D eigenvalue weighted by molar-refractivity contribution is 6.20. The molecule has 0 saturated heterocycles. The van der Waals surface area contributed by atoms with Crippen LogP contribution in [0.4, 0.5) is 0 Å². The molecule has 6 heteroatoms. The Balaban J connectivity index is 2.70. The van der Waals surface area contributed by atoms with E-state index in [-0.39, 0.29) is 17.9 Å². The van der Waals surface area contributed by atoms with Crippen LogP contribution in [0.5, 0.6) is 5.75 Å². The van der Waals surface area contributed by atoms with Gasteiger partial charge in [0.2, 0.25) is 0 Å². The fourth-order valence-corrected chi connectivity index (χ4v) is 2.37. The summed E-state index contributed by atoms with van der Waals surface area (Å²) in [6.45, 7) is 6.31. The second kappa shape index (κ2) is 7.12. The molecule has 2 aromatic rings. The number of hydrogen-bond acceptors (Lipinski definition) is 5. The number of aromatic nitrogens is 1. The van der Waals surface area contributed by atoms with Gasteiger partial charge in [-0.05, 0) is 39.0 Å². The summed E-state index contributed by atoms with van der Waals surface area (Å²) in [6, 6.07) is 5.56. The lowest BCUT2D eigenvalue weighted by atomic mass is 10.1. The fraction of sp³-hybridized carbons (Fsp3) is 0.278. The van der Waals surface area contributed by atoms with E-state index < -0.39 is 17.7 Å². The Kier molecular flexibility index (Phi) is 5.18. The first-order valence-corrected chi connectivity index (χ1v) is 7.54. The van der Waals surface area contributed by atoms with Crippen LogP contribution in [0.2, 0.25) is 0 Å². The third-order valence-electron chi connectivity index (χ3n) is 3.44. The van der Waals surface area contributed by atoms with E-state index in [2.05, 4.69) is 0 Å². The number of Topliss-reactive ketones (excluding diaryl/α,β-unsaturated/α-hetero) is 1. The molecule has 0 aliphatic heterocycles. The number of rotatable bonds is 5. The van der Waals surface area contributed by atoms with E-state index in [1.807, 2.05) is 29.5 Å². The van der Waals surface area contributed by atoms with Crippen LogP contribution in [0.15, 0.2) is 30.0 Å². The van der Waals surface area contributed by atoms with Crippen molar-refractivity contribution in [1.82, 2.24) is 4.40 Å². The highest BCUT2D eigenvalue weighted by atomic mass is 16.5. The largest absolute Gasteiger partial charge is 0.462 e. The second-order valence-electron chi connectivity index (χ2n) is 5.26. The van der Waals surface area contributed by atoms with Gasteiger partial charge in [-0.3, -0.25) is 9.59 Å². The SMILES string of the molecule is CCOC(=O)C(=Cc1c(OC(C)=O)cn2c(C)cccc12)C(C)=O. The zero-order valence-corrected chi connectivity index (χ0v) is 14.1. The molecule has 0 amide bonds. The third kappa shape index (κ3) is 3.53. The number of nitrogens with zero attached hydrogens (tertiary/aromatic N) is 1. The molecule has 2 aromatic heterocycles. The summed E-state index contributed by atoms with van der Waals surface area (Å²) in [5, 5.41) is 0. The number of esters is 2. The summed E-state index contributed by atoms with van der Waals surface area (Å²) in [7, 11) is 0. The van der Waals surface area contributed by atoms with Crippen molar-refractivity contribution in [3.8, 4) is 5.75 Å². The number of aryl methyl sites for hydroxylation is 1. The van der Waals surface area contributed by atoms with Crippen LogP contribution in [0.25, 0.3) is 11.6 Å². The Morgan fingerprint density at radius 3 is 2.50 bits per heavy atom. The molecular weight excluding hydrogens is 310 g/mol. The first-order valence-electron chi connectivity index (χ1n) is 7.54. The molecule has 0 N–H and O–H groups in total. The number of carbonyl (C=O) groups is 3. The Hall–Kier alpha value is -2.89. The van der Waals surface area contributed by atoms with E-state index in [1.165, 1.54) is 19.9 Å². The molecular formula is C18H19NO5. The predicted octanol–water partition coefficient (Wildman–Crippen LogP) is 2.71. The van der Waals surface area contributed by atoms with Crippen LogP contribution in [0.3, 0.4) is 0 Å². The van der Waals surface area contributed by atoms with Gasteiger partial charge in [0.05, 0.1) is 18.3 Å². The fourth-order valence-electron chi connectivity index (χ4n) is 2.37. The number of ether oxygens (including phenoxy) is 2. The van der Waals surface area contributed by atoms with Gasteiger partial charge in [0, 0.05) is 18.2 Å². The van der Waals surface area contributed by atoms with Crippen LogP contribution in [0, 0.1) is 6.92 Å². The van der Waals surface area contributed by atoms with Crippen molar-refractivity contribution in [2.45, 2.75) is 27.7 Å². The molecule has 0 spiro atoms. The summed E-state index contributed by atoms with van der Waals surface area (Å²) in [5.41, 5.74) is 2.02. The maximum atomic E-state index is 12.0. The van der Waals surface area contributed by atoms with Gasteiger partial charge in [0.1, 0.15) is 5.57 Å². The first-order chi connectivity index (χ1) is 11.3. The summed E-state index contributed by atoms with van der Waals surface area (Å²) >= 11 is 0. The molecule has 0 unspecified atom stereocenters. The van der Waals surface area contributed by atoms with Gasteiger partial charge in [0.15, 0.2) is 11.5 Å². The van der Waals surface area contributed by atoms with Gasteiger partial charge in [0.25, 0.3) is 0 Å². The van der Waals surface area contributed by atoms with Crippen LogP contribution in [-0.4, -0.2) is 28.7 Å². The number of fused-ring (bicyclic) bond motifs is 1. The van der Waals surface area contributed by atoms with E-state index in [0.717, 1.165) is 5.69 Å². The Bertz CT molecular complexity index is 844. The number of carbonyl (C=O) groups excluding carboxylic acids is 3. The lowest BCUT2D eigenvalue weighted by Crippen LogP contribution is -2.13. The van der Waals surface area contributed by atoms with Crippen LogP contribution in [-0.2, 0) is 19.1 Å². The Morgan fingerprint density at radius 2 is 1.92 bits per heavy atom. The summed E-state index contributed by atoms with van der Waals surface area (Å²) in [4.78, 5) is 35.2. The molecule has 2 heterocycles. The van der Waals surface area contributed by atoms with Gasteiger partial charge in [-0.15, -0.1) is 0 Å². The van der Waals surface area contributed by atoms with Gasteiger partial charge < -0.3 is 13.9 Å². The van der Waals surface area contributed by atoms with E-state index in [4.69, 9.17) is 9.47 Å². The number of hydrogen-bond donors (Lipinski definition) is 0. The molecule has 6 nitrogen and oxygen atoms in total. The molecule has 0 atom stereocenters. The normalized spacial score (nSPS) is 11.4. The highest BCUT2D eigenvalue weighted by Crippen LogP contribution is 2.30. The summed E-state index contributed by atoms with van der Waals surface area (Å²) in [6.07, 6.45) is 3.06. The minimum atomic E-state index is -0.703. The third-order valence-corrected chi connectivity index (χ3v) is 3.44. The summed E-state index contributed by atoms with van der Waals surface area (Å²) in [5.74, 6) is -1.33. The molecule has 0 aromatic carbocycles. The predicted molar refractivity (Wildman–Crippen MR) is 88.7 cm³/mol. The van der Waals surface area contributed by atoms with Crippen molar-refractivity contribution in [1.29, 1.82) is 0 Å². The zero-order chi connectivity index (χ0) is 17.9. The lowest BCUT2D eigenvalue weighted by Gasteiger charge is -2.05. The molecule has 0 aliphatic carbocycles. The zero-order valence-electron chi connectivity index (χ0n) is 14.1. The molecule has 2 rings (SSSR count). The topological polar surface area (TPSA) is 74.1 Å². The van der Waals surface area contributed by atoms with E-state index in [0.29, 0.717) is 11.1 Å². The minimum absolute atomic E-state index is 0.0974. The van der Waals surface area contributed by atoms with Crippen molar-refractivity contribution in [2.75, 3.05) is 6.61 Å². The van der Waals surface area contributed by atoms with Crippen LogP contribution in [0.1, 0.15) is 32.0 Å². The number of pyridine rings is 1. The van der Waals surface area contributed by atoms with Crippen molar-refractivity contribution >= 4 is 29.3 Å². The smallest absolute Gasteiger partial charge is 0.341 e. The first kappa shape index (κ1) is 17.5. The van der Waals surface area contributed by atoms with E-state index in [1.54, 1.807) is 13.1 Å². The molecule has 24 heavy (non-hydrogen) atoms. The number of ketones is 1. The maximum absolute atomic E-state index is 12.0. The Labute approximate surface area is 139 Å². The van der Waals surface area contributed by atoms with Gasteiger partial charge in [-0.2, -0.15) is 0 Å². The highest BCUT2D eigenvalue weighted by Gasteiger charge is 2.20. The summed E-state index contributed by atoms with van der Waals surface area (Å²) < 4.78 is 12.0. The van der Waals surface area contributed by atoms with E-state index >= 15 is 0 Å². The van der Waals surface area contributed by atoms with Gasteiger partial charge in [-0.1, -0.05) is 6.07 Å². The molecule has 0 bridgehead atoms. The standard InChI is InChI=1S/C18H19NO5/c1-5-23-18(22)14(12(3)20)9-15-16-8-6-7-11(2)19(16)10-17(15)24-13(4)21/h6-10H,5H2,1-4H3. The average molecular weight is 329 g/mol. The molecule has 0 fully saturated rings. The van der Waals surface area contributed by atoms with Crippen LogP contribution >= 0.6 is 0 Å². The molecule has 0 aliphatic rings. The van der Waals surface area contributed by atoms with Gasteiger partial charge in [-0.25, -0.2) is 4.79 Å². The second-order valence-corrected chi connectivity index (χ2v) is 5.26. The molecule has 0 saturated carbocycles. The van der Waals surface area contributed by atoms with Gasteiger partial charge >= 0.3 is 11.9 Å². The van der Waals surface area contributed by atoms with Crippen LogP contribution < -0.4 is 4.74 Å². The molecule has 126 valence electrons. The van der Waals surface area contributed by atoms with Crippen molar-refractivity contribution in [2.24, 2.45) is 0 Å². The quantitative estimate of drug-likeness (QED) is 0.365. The minimum Gasteiger partial charge on any atom is -0.462 e. The van der Waals surface area contributed by atoms with Crippen molar-refractivity contribution < 1.29 is 23.9 Å². The average Bonchev–Trinajstić information content (AvgIpc) is 2.82. The maximum Gasteiger partial charge on any atom is 0.341 e. The molecule has 0 radical (unpaired) electrons. The van der Waals surface area contributed by atoms with Crippen molar-refractivity contribution in [3.05, 3.63) is 41.2 Å². The van der Waals surface area contributed by atoms with Crippen molar-refractivity contribution in [3.63, 3.8) is 0 Å². The Morgan fingerprint density at radius 1 is 1.21 bits per heavy atom. The monoisotopic (exact) mass is 329 g/mol.